The van der Waals surface area contributed by atoms with Crippen LogP contribution < -0.4 is 25.0 Å². The van der Waals surface area contributed by atoms with E-state index < -0.39 is 0 Å². The van der Waals surface area contributed by atoms with Crippen molar-refractivity contribution in [3.05, 3.63) is 83.4 Å². The van der Waals surface area contributed by atoms with Gasteiger partial charge in [0.1, 0.15) is 0 Å². The minimum Gasteiger partial charge on any atom is -0.493 e. The molecule has 1 aliphatic rings. The average Bonchev–Trinajstić information content (AvgIpc) is 3.17. The second kappa shape index (κ2) is 9.65. The standard InChI is InChI=1S/C26H27N3O4/c1-17-13-20-10-9-18(14-22(20)29(17)25(30)19-7-5-4-6-8-19)16-27-26(31)28-21-11-12-23(32-2)24(15-21)33-3/h4-12,14-15,17H,13,16H2,1-3H3,(H2,27,28,31)/t17-/m1/s1. The molecule has 0 bridgehead atoms. The molecule has 1 atom stereocenters. The molecule has 0 fully saturated rings. The van der Waals surface area contributed by atoms with E-state index in [-0.39, 0.29) is 18.0 Å². The molecule has 0 aromatic heterocycles. The Morgan fingerprint density at radius 3 is 2.45 bits per heavy atom. The van der Waals surface area contributed by atoms with Gasteiger partial charge >= 0.3 is 6.03 Å². The van der Waals surface area contributed by atoms with E-state index in [9.17, 15) is 9.59 Å². The molecule has 170 valence electrons. The highest BCUT2D eigenvalue weighted by Gasteiger charge is 2.31. The smallest absolute Gasteiger partial charge is 0.319 e. The number of hydrogen-bond donors (Lipinski definition) is 2. The van der Waals surface area contributed by atoms with Crippen LogP contribution in [0.5, 0.6) is 11.5 Å². The number of nitrogens with one attached hydrogen (secondary N) is 2. The fourth-order valence-electron chi connectivity index (χ4n) is 4.06. The molecule has 0 aliphatic carbocycles. The molecule has 3 aromatic rings. The number of fused-ring (bicyclic) bond motifs is 1. The van der Waals surface area contributed by atoms with Crippen LogP contribution in [0.4, 0.5) is 16.2 Å². The van der Waals surface area contributed by atoms with E-state index >= 15 is 0 Å². The van der Waals surface area contributed by atoms with Crippen LogP contribution in [0.25, 0.3) is 0 Å². The van der Waals surface area contributed by atoms with Crippen molar-refractivity contribution in [1.29, 1.82) is 0 Å². The van der Waals surface area contributed by atoms with Crippen molar-refractivity contribution in [3.63, 3.8) is 0 Å². The molecule has 1 aliphatic heterocycles. The molecule has 2 N–H and O–H groups in total. The van der Waals surface area contributed by atoms with Crippen LogP contribution in [0.2, 0.25) is 0 Å². The van der Waals surface area contributed by atoms with Gasteiger partial charge in [-0.3, -0.25) is 4.79 Å². The summed E-state index contributed by atoms with van der Waals surface area (Å²) in [6.45, 7) is 2.38. The predicted molar refractivity (Wildman–Crippen MR) is 128 cm³/mol. The van der Waals surface area contributed by atoms with Crippen molar-refractivity contribution < 1.29 is 19.1 Å². The summed E-state index contributed by atoms with van der Waals surface area (Å²) in [4.78, 5) is 27.4. The summed E-state index contributed by atoms with van der Waals surface area (Å²) in [6, 6.07) is 20.2. The van der Waals surface area contributed by atoms with Gasteiger partial charge in [0, 0.05) is 35.6 Å². The maximum absolute atomic E-state index is 13.1. The van der Waals surface area contributed by atoms with Crippen LogP contribution in [0.15, 0.2) is 66.7 Å². The van der Waals surface area contributed by atoms with Crippen molar-refractivity contribution in [3.8, 4) is 11.5 Å². The lowest BCUT2D eigenvalue weighted by atomic mass is 10.1. The summed E-state index contributed by atoms with van der Waals surface area (Å²) in [5.74, 6) is 1.11. The predicted octanol–water partition coefficient (Wildman–Crippen LogP) is 4.62. The first-order valence-electron chi connectivity index (χ1n) is 10.8. The first-order chi connectivity index (χ1) is 16.0. The highest BCUT2D eigenvalue weighted by molar-refractivity contribution is 6.07. The largest absolute Gasteiger partial charge is 0.493 e. The van der Waals surface area contributed by atoms with E-state index in [0.717, 1.165) is 23.2 Å². The van der Waals surface area contributed by atoms with Crippen LogP contribution in [0, 0.1) is 0 Å². The monoisotopic (exact) mass is 445 g/mol. The highest BCUT2D eigenvalue weighted by atomic mass is 16.5. The zero-order chi connectivity index (χ0) is 23.4. The SMILES string of the molecule is COc1ccc(NC(=O)NCc2ccc3c(c2)N(C(=O)c2ccccc2)[C@H](C)C3)cc1OC. The second-order valence-corrected chi connectivity index (χ2v) is 7.93. The van der Waals surface area contributed by atoms with E-state index in [0.29, 0.717) is 29.3 Å². The fraction of sp³-hybridized carbons (Fsp3) is 0.231. The van der Waals surface area contributed by atoms with Crippen molar-refractivity contribution in [2.24, 2.45) is 0 Å². The summed E-state index contributed by atoms with van der Waals surface area (Å²) in [6.07, 6.45) is 0.807. The Morgan fingerprint density at radius 2 is 1.73 bits per heavy atom. The number of benzene rings is 3. The molecule has 0 saturated carbocycles. The first kappa shape index (κ1) is 22.2. The van der Waals surface area contributed by atoms with E-state index in [2.05, 4.69) is 17.6 Å². The maximum atomic E-state index is 13.1. The number of nitrogens with zero attached hydrogens (tertiary/aromatic N) is 1. The van der Waals surface area contributed by atoms with Gasteiger partial charge in [-0.2, -0.15) is 0 Å². The third-order valence-electron chi connectivity index (χ3n) is 5.70. The molecule has 0 unspecified atom stereocenters. The second-order valence-electron chi connectivity index (χ2n) is 7.93. The Hall–Kier alpha value is -4.00. The number of carbonyl (C=O) groups is 2. The number of hydrogen-bond acceptors (Lipinski definition) is 4. The van der Waals surface area contributed by atoms with E-state index in [1.807, 2.05) is 53.4 Å². The normalized spacial score (nSPS) is 14.4. The molecule has 0 saturated heterocycles. The van der Waals surface area contributed by atoms with Crippen LogP contribution in [-0.2, 0) is 13.0 Å². The highest BCUT2D eigenvalue weighted by Crippen LogP contribution is 2.34. The van der Waals surface area contributed by atoms with Crippen molar-refractivity contribution in [2.75, 3.05) is 24.4 Å². The zero-order valence-electron chi connectivity index (χ0n) is 18.9. The molecule has 4 rings (SSSR count). The number of methoxy groups -OCH3 is 2. The van der Waals surface area contributed by atoms with E-state index in [1.165, 1.54) is 0 Å². The summed E-state index contributed by atoms with van der Waals surface area (Å²) in [5.41, 5.74) is 4.19. The number of anilines is 2. The first-order valence-corrected chi connectivity index (χ1v) is 10.8. The maximum Gasteiger partial charge on any atom is 0.319 e. The van der Waals surface area contributed by atoms with E-state index in [1.54, 1.807) is 32.4 Å². The molecule has 7 nitrogen and oxygen atoms in total. The van der Waals surface area contributed by atoms with Crippen LogP contribution in [-0.4, -0.2) is 32.2 Å². The molecule has 3 aromatic carbocycles. The van der Waals surface area contributed by atoms with Crippen molar-refractivity contribution in [2.45, 2.75) is 25.9 Å². The molecule has 7 heteroatoms. The minimum absolute atomic E-state index is 0.0156. The Bertz CT molecular complexity index is 1160. The van der Waals surface area contributed by atoms with E-state index in [4.69, 9.17) is 9.47 Å². The zero-order valence-corrected chi connectivity index (χ0v) is 18.9. The molecule has 33 heavy (non-hydrogen) atoms. The molecule has 0 spiro atoms. The van der Waals surface area contributed by atoms with Gasteiger partial charge in [0.05, 0.1) is 14.2 Å². The topological polar surface area (TPSA) is 79.9 Å². The Labute approximate surface area is 193 Å². The minimum atomic E-state index is -0.340. The van der Waals surface area contributed by atoms with Gasteiger partial charge in [0.15, 0.2) is 11.5 Å². The molecule has 1 heterocycles. The Balaban J connectivity index is 1.44. The van der Waals surface area contributed by atoms with Crippen molar-refractivity contribution in [1.82, 2.24) is 5.32 Å². The third-order valence-corrected chi connectivity index (χ3v) is 5.70. The molecular weight excluding hydrogens is 418 g/mol. The van der Waals surface area contributed by atoms with Gasteiger partial charge in [-0.15, -0.1) is 0 Å². The van der Waals surface area contributed by atoms with Crippen LogP contribution in [0.1, 0.15) is 28.4 Å². The number of urea groups is 1. The van der Waals surface area contributed by atoms with Gasteiger partial charge in [-0.25, -0.2) is 4.79 Å². The average molecular weight is 446 g/mol. The quantitative estimate of drug-likeness (QED) is 0.580. The van der Waals surface area contributed by atoms with Crippen molar-refractivity contribution >= 4 is 23.3 Å². The Morgan fingerprint density at radius 1 is 0.970 bits per heavy atom. The van der Waals surface area contributed by atoms with Gasteiger partial charge in [-0.1, -0.05) is 30.3 Å². The molecule has 0 radical (unpaired) electrons. The number of rotatable bonds is 6. The summed E-state index contributed by atoms with van der Waals surface area (Å²) >= 11 is 0. The molecule has 3 amide bonds. The molecular formula is C26H27N3O4. The summed E-state index contributed by atoms with van der Waals surface area (Å²) < 4.78 is 10.5. The van der Waals surface area contributed by atoms with Crippen LogP contribution in [0.3, 0.4) is 0 Å². The fourth-order valence-corrected chi connectivity index (χ4v) is 4.06. The van der Waals surface area contributed by atoms with Gasteiger partial charge in [0.25, 0.3) is 5.91 Å². The Kier molecular flexibility index (Phi) is 6.49. The lowest BCUT2D eigenvalue weighted by Gasteiger charge is -2.23. The summed E-state index contributed by atoms with van der Waals surface area (Å²) in [5, 5.41) is 5.66. The van der Waals surface area contributed by atoms with Gasteiger partial charge in [0.2, 0.25) is 0 Å². The summed E-state index contributed by atoms with van der Waals surface area (Å²) in [7, 11) is 3.10. The van der Waals surface area contributed by atoms with Gasteiger partial charge in [-0.05, 0) is 54.8 Å². The van der Waals surface area contributed by atoms with Gasteiger partial charge < -0.3 is 25.0 Å². The number of carbonyl (C=O) groups excluding carboxylic acids is 2. The lowest BCUT2D eigenvalue weighted by molar-refractivity contribution is 0.0981. The lowest BCUT2D eigenvalue weighted by Crippen LogP contribution is -2.35. The number of amides is 3. The third kappa shape index (κ3) is 4.77. The number of ether oxygens (including phenoxy) is 2. The van der Waals surface area contributed by atoms with Crippen LogP contribution >= 0.6 is 0 Å².